The number of hydrogen-bond donors (Lipinski definition) is 2. The monoisotopic (exact) mass is 324 g/mol. The van der Waals surface area contributed by atoms with Gasteiger partial charge in [0, 0.05) is 12.0 Å². The Hall–Kier alpha value is -0.870. The average Bonchev–Trinajstić information content (AvgIpc) is 2.84. The number of rotatable bonds is 6. The zero-order chi connectivity index (χ0) is 17.2. The number of aliphatic hydroxyl groups is 2. The van der Waals surface area contributed by atoms with Crippen LogP contribution in [0.4, 0.5) is 0 Å². The van der Waals surface area contributed by atoms with Gasteiger partial charge in [-0.15, -0.1) is 0 Å². The maximum Gasteiger partial charge on any atom is 0.333 e. The fraction of sp³-hybridized carbons (Fsp3) is 0.842. The van der Waals surface area contributed by atoms with Crippen molar-refractivity contribution in [2.75, 3.05) is 7.11 Å². The first kappa shape index (κ1) is 18.5. The average molecular weight is 324 g/mol. The van der Waals surface area contributed by atoms with Gasteiger partial charge < -0.3 is 14.9 Å². The molecule has 132 valence electrons. The Labute approximate surface area is 139 Å². The van der Waals surface area contributed by atoms with Crippen LogP contribution in [0.2, 0.25) is 0 Å². The van der Waals surface area contributed by atoms with Crippen LogP contribution in [0.15, 0.2) is 12.2 Å². The lowest BCUT2D eigenvalue weighted by Gasteiger charge is -2.45. The fourth-order valence-electron chi connectivity index (χ4n) is 5.31. The quantitative estimate of drug-likeness (QED) is 0.582. The fourth-order valence-corrected chi connectivity index (χ4v) is 5.31. The Morgan fingerprint density at radius 1 is 1.39 bits per heavy atom. The molecule has 4 heteroatoms. The third kappa shape index (κ3) is 3.80. The van der Waals surface area contributed by atoms with E-state index in [-0.39, 0.29) is 17.9 Å². The third-order valence-corrected chi connectivity index (χ3v) is 6.45. The first-order valence-electron chi connectivity index (χ1n) is 8.91. The van der Waals surface area contributed by atoms with Gasteiger partial charge >= 0.3 is 5.97 Å². The molecule has 6 atom stereocenters. The van der Waals surface area contributed by atoms with E-state index >= 15 is 0 Å². The summed E-state index contributed by atoms with van der Waals surface area (Å²) in [4.78, 5) is 11.4. The van der Waals surface area contributed by atoms with Crippen molar-refractivity contribution in [2.45, 2.75) is 71.0 Å². The van der Waals surface area contributed by atoms with Crippen LogP contribution in [-0.4, -0.2) is 35.5 Å². The van der Waals surface area contributed by atoms with Crippen molar-refractivity contribution in [3.63, 3.8) is 0 Å². The van der Waals surface area contributed by atoms with Gasteiger partial charge in [-0.05, 0) is 55.3 Å². The van der Waals surface area contributed by atoms with E-state index < -0.39 is 12.1 Å². The smallest absolute Gasteiger partial charge is 0.333 e. The van der Waals surface area contributed by atoms with Gasteiger partial charge in [-0.3, -0.25) is 0 Å². The summed E-state index contributed by atoms with van der Waals surface area (Å²) in [5, 5.41) is 20.6. The molecule has 2 aliphatic rings. The first-order valence-corrected chi connectivity index (χ1v) is 8.91. The van der Waals surface area contributed by atoms with Crippen LogP contribution in [0, 0.1) is 23.2 Å². The van der Waals surface area contributed by atoms with Gasteiger partial charge in [-0.25, -0.2) is 4.79 Å². The van der Waals surface area contributed by atoms with E-state index in [1.54, 1.807) is 0 Å². The molecule has 3 unspecified atom stereocenters. The number of esters is 1. The third-order valence-electron chi connectivity index (χ3n) is 6.45. The van der Waals surface area contributed by atoms with Crippen molar-refractivity contribution < 1.29 is 19.7 Å². The maximum atomic E-state index is 11.4. The second-order valence-electron chi connectivity index (χ2n) is 7.92. The highest BCUT2D eigenvalue weighted by atomic mass is 16.5. The molecule has 0 radical (unpaired) electrons. The van der Waals surface area contributed by atoms with Gasteiger partial charge in [0.25, 0.3) is 0 Å². The lowest BCUT2D eigenvalue weighted by Crippen LogP contribution is -2.41. The summed E-state index contributed by atoms with van der Waals surface area (Å²) in [7, 11) is 1.33. The number of carbonyl (C=O) groups excluding carboxylic acids is 1. The van der Waals surface area contributed by atoms with Gasteiger partial charge in [0.2, 0.25) is 0 Å². The van der Waals surface area contributed by atoms with Gasteiger partial charge in [0.15, 0.2) is 0 Å². The maximum absolute atomic E-state index is 11.4. The molecule has 0 spiro atoms. The van der Waals surface area contributed by atoms with Crippen LogP contribution in [0.5, 0.6) is 0 Å². The number of hydrogen-bond acceptors (Lipinski definition) is 4. The molecule has 23 heavy (non-hydrogen) atoms. The molecule has 4 nitrogen and oxygen atoms in total. The van der Waals surface area contributed by atoms with Crippen molar-refractivity contribution in [2.24, 2.45) is 23.2 Å². The highest BCUT2D eigenvalue weighted by Crippen LogP contribution is 2.58. The Balaban J connectivity index is 1.94. The summed E-state index contributed by atoms with van der Waals surface area (Å²) in [5.74, 6) is 0.866. The molecule has 0 aromatic heterocycles. The minimum atomic E-state index is -0.562. The Kier molecular flexibility index (Phi) is 5.90. The van der Waals surface area contributed by atoms with E-state index in [1.807, 2.05) is 0 Å². The molecule has 0 aromatic rings. The Bertz CT molecular complexity index is 447. The Morgan fingerprint density at radius 2 is 2.09 bits per heavy atom. The highest BCUT2D eigenvalue weighted by molar-refractivity contribution is 5.87. The van der Waals surface area contributed by atoms with Crippen LogP contribution in [0.3, 0.4) is 0 Å². The molecule has 0 aromatic carbocycles. The topological polar surface area (TPSA) is 66.8 Å². The van der Waals surface area contributed by atoms with Crippen LogP contribution in [-0.2, 0) is 9.53 Å². The van der Waals surface area contributed by atoms with Crippen LogP contribution >= 0.6 is 0 Å². The molecular formula is C19H32O4. The van der Waals surface area contributed by atoms with Crippen LogP contribution in [0.1, 0.15) is 58.8 Å². The predicted molar refractivity (Wildman–Crippen MR) is 89.7 cm³/mol. The Morgan fingerprint density at radius 3 is 2.74 bits per heavy atom. The molecule has 2 aliphatic carbocycles. The first-order chi connectivity index (χ1) is 10.8. The summed E-state index contributed by atoms with van der Waals surface area (Å²) in [5.41, 5.74) is 0.520. The number of fused-ring (bicyclic) bond motifs is 1. The molecule has 2 N–H and O–H groups in total. The van der Waals surface area contributed by atoms with Crippen molar-refractivity contribution in [3.8, 4) is 0 Å². The van der Waals surface area contributed by atoms with Gasteiger partial charge in [-0.1, -0.05) is 26.8 Å². The van der Waals surface area contributed by atoms with E-state index in [0.29, 0.717) is 29.7 Å². The molecule has 2 saturated carbocycles. The summed E-state index contributed by atoms with van der Waals surface area (Å²) in [6, 6.07) is 0. The molecule has 0 bridgehead atoms. The number of methoxy groups -OCH3 is 1. The molecule has 0 saturated heterocycles. The lowest BCUT2D eigenvalue weighted by molar-refractivity contribution is -0.136. The molecule has 0 amide bonds. The normalized spacial score (nSPS) is 36.1. The number of carbonyl (C=O) groups is 1. The van der Waals surface area contributed by atoms with E-state index in [1.165, 1.54) is 13.5 Å². The molecule has 2 fully saturated rings. The predicted octanol–water partition coefficient (Wildman–Crippen LogP) is 3.07. The van der Waals surface area contributed by atoms with Crippen molar-refractivity contribution >= 4 is 5.97 Å². The molecule has 2 rings (SSSR count). The van der Waals surface area contributed by atoms with E-state index in [4.69, 9.17) is 0 Å². The highest BCUT2D eigenvalue weighted by Gasteiger charge is 2.52. The summed E-state index contributed by atoms with van der Waals surface area (Å²) < 4.78 is 4.64. The van der Waals surface area contributed by atoms with Gasteiger partial charge in [0.1, 0.15) is 0 Å². The standard InChI is InChI=1S/C19H32O4/c1-12(10-14(20)11-13(2)18(22)23-4)15-7-8-16-17(21)6-5-9-19(15,16)3/h12,14-17,20-21H,2,5-11H2,1,3-4H3/t12-,14?,15-,16?,17?,19-/m1/s1. The SMILES string of the molecule is C=C(CC(O)C[C@@H](C)[C@H]1CCC2C(O)CCC[C@@]21C)C(=O)OC. The second-order valence-corrected chi connectivity index (χ2v) is 7.92. The van der Waals surface area contributed by atoms with Crippen molar-refractivity contribution in [1.82, 2.24) is 0 Å². The summed E-state index contributed by atoms with van der Waals surface area (Å²) >= 11 is 0. The van der Waals surface area contributed by atoms with Gasteiger partial charge in [-0.2, -0.15) is 0 Å². The van der Waals surface area contributed by atoms with E-state index in [2.05, 4.69) is 25.2 Å². The second kappa shape index (κ2) is 7.35. The zero-order valence-corrected chi connectivity index (χ0v) is 14.8. The van der Waals surface area contributed by atoms with Crippen molar-refractivity contribution in [3.05, 3.63) is 12.2 Å². The van der Waals surface area contributed by atoms with Crippen molar-refractivity contribution in [1.29, 1.82) is 0 Å². The minimum absolute atomic E-state index is 0.157. The lowest BCUT2D eigenvalue weighted by atomic mass is 9.61. The van der Waals surface area contributed by atoms with Gasteiger partial charge in [0.05, 0.1) is 19.3 Å². The zero-order valence-electron chi connectivity index (χ0n) is 14.8. The largest absolute Gasteiger partial charge is 0.466 e. The molecule has 0 aliphatic heterocycles. The van der Waals surface area contributed by atoms with Crippen LogP contribution in [0.25, 0.3) is 0 Å². The van der Waals surface area contributed by atoms with Crippen LogP contribution < -0.4 is 0 Å². The minimum Gasteiger partial charge on any atom is -0.466 e. The summed E-state index contributed by atoms with van der Waals surface area (Å²) in [6.07, 6.45) is 5.65. The summed E-state index contributed by atoms with van der Waals surface area (Å²) in [6.45, 7) is 8.22. The van der Waals surface area contributed by atoms with E-state index in [9.17, 15) is 15.0 Å². The van der Waals surface area contributed by atoms with E-state index in [0.717, 1.165) is 25.7 Å². The number of ether oxygens (including phenoxy) is 1. The molecular weight excluding hydrogens is 292 g/mol. The molecule has 0 heterocycles. The number of aliphatic hydroxyl groups excluding tert-OH is 2.